The number of amides is 1. The minimum absolute atomic E-state index is 0.00275. The van der Waals surface area contributed by atoms with Gasteiger partial charge in [-0.3, -0.25) is 4.79 Å². The minimum atomic E-state index is -0.244. The molecule has 0 aliphatic carbocycles. The van der Waals surface area contributed by atoms with Gasteiger partial charge in [-0.05, 0) is 42.3 Å². The van der Waals surface area contributed by atoms with E-state index in [1.54, 1.807) is 26.2 Å². The van der Waals surface area contributed by atoms with E-state index in [-0.39, 0.29) is 18.3 Å². The molecule has 2 aromatic rings. The number of halogens is 1. The zero-order chi connectivity index (χ0) is 21.2. The first kappa shape index (κ1) is 22.2. The smallest absolute Gasteiger partial charge is 0.259 e. The molecule has 7 heteroatoms. The van der Waals surface area contributed by atoms with Crippen molar-refractivity contribution in [2.45, 2.75) is 20.0 Å². The molecule has 0 unspecified atom stereocenters. The van der Waals surface area contributed by atoms with E-state index >= 15 is 0 Å². The molecule has 0 saturated carbocycles. The summed E-state index contributed by atoms with van der Waals surface area (Å²) in [6.45, 7) is 3.83. The van der Waals surface area contributed by atoms with Crippen molar-refractivity contribution in [1.82, 2.24) is 15.1 Å². The van der Waals surface area contributed by atoms with Gasteiger partial charge in [0.15, 0.2) is 12.6 Å². The van der Waals surface area contributed by atoms with E-state index in [2.05, 4.69) is 10.3 Å². The molecule has 6 nitrogen and oxygen atoms in total. The number of hydrogen-bond acceptors (Lipinski definition) is 3. The van der Waals surface area contributed by atoms with Gasteiger partial charge in [0.2, 0.25) is 0 Å². The maximum Gasteiger partial charge on any atom is 0.259 e. The normalized spacial score (nSPS) is 11.1. The van der Waals surface area contributed by atoms with Crippen LogP contribution < -0.4 is 10.1 Å². The highest BCUT2D eigenvalue weighted by Gasteiger charge is 2.08. The Bertz CT molecular complexity index is 822. The van der Waals surface area contributed by atoms with Crippen LogP contribution in [0.15, 0.2) is 53.5 Å². The molecule has 0 fully saturated rings. The average Bonchev–Trinajstić information content (AvgIpc) is 2.71. The van der Waals surface area contributed by atoms with Gasteiger partial charge in [-0.1, -0.05) is 24.3 Å². The Balaban J connectivity index is 2.02. The van der Waals surface area contributed by atoms with Crippen LogP contribution in [-0.4, -0.2) is 56.0 Å². The van der Waals surface area contributed by atoms with E-state index in [4.69, 9.17) is 4.74 Å². The fourth-order valence-electron chi connectivity index (χ4n) is 2.58. The average molecular weight is 400 g/mol. The first-order valence-corrected chi connectivity index (χ1v) is 9.54. The molecular weight excluding hydrogens is 371 g/mol. The third kappa shape index (κ3) is 7.44. The summed E-state index contributed by atoms with van der Waals surface area (Å²) in [5.74, 6) is 1.06. The summed E-state index contributed by atoms with van der Waals surface area (Å²) in [6.07, 6.45) is 0. The van der Waals surface area contributed by atoms with Crippen LogP contribution in [0.3, 0.4) is 0 Å². The van der Waals surface area contributed by atoms with Gasteiger partial charge in [-0.15, -0.1) is 0 Å². The summed E-state index contributed by atoms with van der Waals surface area (Å²) in [7, 11) is 5.33. The lowest BCUT2D eigenvalue weighted by Gasteiger charge is -2.22. The first-order valence-electron chi connectivity index (χ1n) is 9.54. The van der Waals surface area contributed by atoms with Crippen LogP contribution in [0.2, 0.25) is 0 Å². The molecule has 0 aliphatic rings. The molecule has 2 aromatic carbocycles. The number of rotatable bonds is 8. The standard InChI is InChI=1S/C22H29FN4O2/c1-5-24-22(27(4)15-17-9-11-19(23)12-10-17)25-14-18-7-6-8-20(13-18)29-16-21(28)26(2)3/h6-13H,5,14-16H2,1-4H3,(H,24,25). The number of guanidine groups is 1. The number of carbonyl (C=O) groups is 1. The van der Waals surface area contributed by atoms with Crippen molar-refractivity contribution in [2.24, 2.45) is 4.99 Å². The van der Waals surface area contributed by atoms with Crippen molar-refractivity contribution in [3.8, 4) is 5.75 Å². The van der Waals surface area contributed by atoms with Gasteiger partial charge in [0.05, 0.1) is 6.54 Å². The van der Waals surface area contributed by atoms with Crippen molar-refractivity contribution < 1.29 is 13.9 Å². The van der Waals surface area contributed by atoms with Crippen molar-refractivity contribution >= 4 is 11.9 Å². The van der Waals surface area contributed by atoms with Crippen molar-refractivity contribution in [1.29, 1.82) is 0 Å². The Kier molecular flexibility index (Phi) is 8.45. The lowest BCUT2D eigenvalue weighted by Crippen LogP contribution is -2.38. The highest BCUT2D eigenvalue weighted by molar-refractivity contribution is 5.79. The largest absolute Gasteiger partial charge is 0.484 e. The third-order valence-electron chi connectivity index (χ3n) is 4.20. The zero-order valence-corrected chi connectivity index (χ0v) is 17.5. The van der Waals surface area contributed by atoms with E-state index in [9.17, 15) is 9.18 Å². The van der Waals surface area contributed by atoms with Crippen LogP contribution in [0.5, 0.6) is 5.75 Å². The van der Waals surface area contributed by atoms with Gasteiger partial charge in [0.1, 0.15) is 11.6 Å². The van der Waals surface area contributed by atoms with E-state index in [0.717, 1.165) is 23.6 Å². The number of hydrogen-bond donors (Lipinski definition) is 1. The van der Waals surface area contributed by atoms with Gasteiger partial charge in [-0.25, -0.2) is 9.38 Å². The number of aliphatic imine (C=N–C) groups is 1. The van der Waals surface area contributed by atoms with Gasteiger partial charge < -0.3 is 19.9 Å². The molecule has 0 saturated heterocycles. The number of nitrogens with one attached hydrogen (secondary N) is 1. The molecule has 1 N–H and O–H groups in total. The highest BCUT2D eigenvalue weighted by atomic mass is 19.1. The number of likely N-dealkylation sites (N-methyl/N-ethyl adjacent to an activating group) is 1. The van der Waals surface area contributed by atoms with Crippen molar-refractivity contribution in [3.05, 3.63) is 65.5 Å². The molecule has 0 aliphatic heterocycles. The quantitative estimate of drug-likeness (QED) is 0.547. The summed E-state index contributed by atoms with van der Waals surface area (Å²) >= 11 is 0. The van der Waals surface area contributed by atoms with Gasteiger partial charge in [0.25, 0.3) is 5.91 Å². The predicted octanol–water partition coefficient (Wildman–Crippen LogP) is 2.89. The Hall–Kier alpha value is -3.09. The summed E-state index contributed by atoms with van der Waals surface area (Å²) in [5.41, 5.74) is 1.98. The van der Waals surface area contributed by atoms with Crippen LogP contribution in [0, 0.1) is 5.82 Å². The number of ether oxygens (including phenoxy) is 1. The van der Waals surface area contributed by atoms with Crippen LogP contribution in [0.1, 0.15) is 18.1 Å². The Morgan fingerprint density at radius 2 is 1.83 bits per heavy atom. The summed E-state index contributed by atoms with van der Waals surface area (Å²) in [5, 5.41) is 3.27. The summed E-state index contributed by atoms with van der Waals surface area (Å²) < 4.78 is 18.7. The van der Waals surface area contributed by atoms with Crippen molar-refractivity contribution in [2.75, 3.05) is 34.3 Å². The highest BCUT2D eigenvalue weighted by Crippen LogP contribution is 2.14. The lowest BCUT2D eigenvalue weighted by atomic mass is 10.2. The van der Waals surface area contributed by atoms with Gasteiger partial charge in [-0.2, -0.15) is 0 Å². The fourth-order valence-corrected chi connectivity index (χ4v) is 2.58. The minimum Gasteiger partial charge on any atom is -0.484 e. The maximum absolute atomic E-state index is 13.1. The first-order chi connectivity index (χ1) is 13.9. The zero-order valence-electron chi connectivity index (χ0n) is 17.5. The number of benzene rings is 2. The SMILES string of the molecule is CCNC(=NCc1cccc(OCC(=O)N(C)C)c1)N(C)Cc1ccc(F)cc1. The fraction of sp³-hybridized carbons (Fsp3) is 0.364. The second-order valence-electron chi connectivity index (χ2n) is 6.88. The molecule has 156 valence electrons. The molecule has 2 rings (SSSR count). The monoisotopic (exact) mass is 400 g/mol. The molecule has 29 heavy (non-hydrogen) atoms. The second kappa shape index (κ2) is 11.0. The Labute approximate surface area is 172 Å². The molecular formula is C22H29FN4O2. The van der Waals surface area contributed by atoms with Crippen LogP contribution in [-0.2, 0) is 17.9 Å². The molecule has 0 bridgehead atoms. The number of carbonyl (C=O) groups excluding carboxylic acids is 1. The molecule has 0 heterocycles. The predicted molar refractivity (Wildman–Crippen MR) is 113 cm³/mol. The van der Waals surface area contributed by atoms with Crippen LogP contribution >= 0.6 is 0 Å². The topological polar surface area (TPSA) is 57.2 Å². The molecule has 0 atom stereocenters. The third-order valence-corrected chi connectivity index (χ3v) is 4.20. The van der Waals surface area contributed by atoms with E-state index < -0.39 is 0 Å². The molecule has 0 radical (unpaired) electrons. The van der Waals surface area contributed by atoms with E-state index in [1.807, 2.05) is 43.1 Å². The second-order valence-corrected chi connectivity index (χ2v) is 6.88. The van der Waals surface area contributed by atoms with Gasteiger partial charge in [0, 0.05) is 34.2 Å². The van der Waals surface area contributed by atoms with Crippen molar-refractivity contribution in [3.63, 3.8) is 0 Å². The Morgan fingerprint density at radius 3 is 2.48 bits per heavy atom. The molecule has 1 amide bonds. The summed E-state index contributed by atoms with van der Waals surface area (Å²) in [4.78, 5) is 19.9. The maximum atomic E-state index is 13.1. The molecule has 0 aromatic heterocycles. The Morgan fingerprint density at radius 1 is 1.10 bits per heavy atom. The van der Waals surface area contributed by atoms with Crippen LogP contribution in [0.4, 0.5) is 4.39 Å². The number of nitrogens with zero attached hydrogens (tertiary/aromatic N) is 3. The lowest BCUT2D eigenvalue weighted by molar-refractivity contribution is -0.130. The van der Waals surface area contributed by atoms with Crippen LogP contribution in [0.25, 0.3) is 0 Å². The van der Waals surface area contributed by atoms with Gasteiger partial charge >= 0.3 is 0 Å². The molecule has 0 spiro atoms. The summed E-state index contributed by atoms with van der Waals surface area (Å²) in [6, 6.07) is 14.0. The van der Waals surface area contributed by atoms with E-state index in [0.29, 0.717) is 18.8 Å². The van der Waals surface area contributed by atoms with E-state index in [1.165, 1.54) is 17.0 Å².